The molecule has 1 heterocycles. The van der Waals surface area contributed by atoms with Gasteiger partial charge in [-0.15, -0.1) is 0 Å². The summed E-state index contributed by atoms with van der Waals surface area (Å²) in [6, 6.07) is 0. The Morgan fingerprint density at radius 2 is 1.04 bits per heavy atom. The lowest BCUT2D eigenvalue weighted by atomic mass is 9.99. The van der Waals surface area contributed by atoms with Gasteiger partial charge in [-0.2, -0.15) is 8.42 Å². The van der Waals surface area contributed by atoms with Gasteiger partial charge < -0.3 is 34.3 Å². The Morgan fingerprint density at radius 1 is 0.596 bits per heavy atom. The van der Waals surface area contributed by atoms with Crippen LogP contribution in [-0.2, 0) is 43.1 Å². The molecule has 6 atom stereocenters. The van der Waals surface area contributed by atoms with E-state index in [0.29, 0.717) is 12.8 Å². The molecule has 13 nitrogen and oxygen atoms in total. The van der Waals surface area contributed by atoms with Crippen molar-refractivity contribution < 1.29 is 61.0 Å². The van der Waals surface area contributed by atoms with Crippen LogP contribution in [0.25, 0.3) is 0 Å². The van der Waals surface area contributed by atoms with Gasteiger partial charge in [0.25, 0.3) is 0 Å². The Balaban J connectivity index is 2.48. The Kier molecular flexibility index (Phi) is 32.9. The number of rotatable bonds is 38. The second-order valence-electron chi connectivity index (χ2n) is 15.7. The van der Waals surface area contributed by atoms with Gasteiger partial charge in [-0.05, 0) is 38.5 Å². The van der Waals surface area contributed by atoms with Crippen molar-refractivity contribution in [1.29, 1.82) is 0 Å². The standard InChI is InChI=1S/C43H80O13S/c1-3-5-7-9-11-13-15-17-18-20-21-23-25-27-29-31-38(44)52-33-36(34-53-43-42(48)41(47)40(46)37(56-43)35-54-57(49,50)51)55-39(45)32-30-28-26-24-22-19-16-14-12-10-8-6-4-2/h17-18,36-37,40-43,46-48H,3-16,19-35H2,1-2H3,(H,49,50,51)/b18-17-/t36-,37-,40-,41+,42-,43+/m1/s1. The molecule has 0 unspecified atom stereocenters. The Bertz CT molecular complexity index is 1120. The lowest BCUT2D eigenvalue weighted by Gasteiger charge is -2.40. The summed E-state index contributed by atoms with van der Waals surface area (Å²) in [5, 5.41) is 31.0. The Morgan fingerprint density at radius 3 is 1.51 bits per heavy atom. The van der Waals surface area contributed by atoms with E-state index in [4.69, 9.17) is 23.5 Å². The van der Waals surface area contributed by atoms with Crippen molar-refractivity contribution in [2.75, 3.05) is 19.8 Å². The summed E-state index contributed by atoms with van der Waals surface area (Å²) in [5.41, 5.74) is 0. The third-order valence-corrected chi connectivity index (χ3v) is 10.8. The third kappa shape index (κ3) is 30.1. The number of allylic oxidation sites excluding steroid dienone is 2. The van der Waals surface area contributed by atoms with Crippen molar-refractivity contribution >= 4 is 22.3 Å². The fourth-order valence-electron chi connectivity index (χ4n) is 6.79. The van der Waals surface area contributed by atoms with Gasteiger partial charge in [0.05, 0.1) is 13.2 Å². The first-order valence-corrected chi connectivity index (χ1v) is 23.8. The van der Waals surface area contributed by atoms with Crippen LogP contribution in [0.5, 0.6) is 0 Å². The normalized spacial score (nSPS) is 20.6. The van der Waals surface area contributed by atoms with Crippen LogP contribution in [0.3, 0.4) is 0 Å². The molecule has 0 aromatic carbocycles. The first kappa shape index (κ1) is 53.4. The number of aliphatic hydroxyl groups is 3. The monoisotopic (exact) mass is 837 g/mol. The molecule has 1 saturated heterocycles. The number of aliphatic hydroxyl groups excluding tert-OH is 3. The maximum absolute atomic E-state index is 12.8. The minimum absolute atomic E-state index is 0.166. The second-order valence-corrected chi connectivity index (χ2v) is 16.8. The van der Waals surface area contributed by atoms with Gasteiger partial charge in [-0.1, -0.05) is 154 Å². The molecule has 0 saturated carbocycles. The molecule has 0 amide bonds. The third-order valence-electron chi connectivity index (χ3n) is 10.4. The molecule has 4 N–H and O–H groups in total. The number of esters is 2. The van der Waals surface area contributed by atoms with E-state index in [1.165, 1.54) is 96.3 Å². The molecule has 14 heteroatoms. The number of hydrogen-bond acceptors (Lipinski definition) is 12. The largest absolute Gasteiger partial charge is 0.462 e. The summed E-state index contributed by atoms with van der Waals surface area (Å²) in [6.07, 6.45) is 25.6. The van der Waals surface area contributed by atoms with Gasteiger partial charge in [0, 0.05) is 12.8 Å². The number of carbonyl (C=O) groups excluding carboxylic acids is 2. The number of carbonyl (C=O) groups is 2. The fourth-order valence-corrected chi connectivity index (χ4v) is 7.10. The van der Waals surface area contributed by atoms with Gasteiger partial charge in [-0.25, -0.2) is 4.18 Å². The molecule has 1 aliphatic rings. The minimum Gasteiger partial charge on any atom is -0.462 e. The highest BCUT2D eigenvalue weighted by Gasteiger charge is 2.45. The van der Waals surface area contributed by atoms with Gasteiger partial charge in [0.15, 0.2) is 12.4 Å². The molecule has 0 aromatic heterocycles. The molecule has 1 rings (SSSR count). The van der Waals surface area contributed by atoms with Gasteiger partial charge in [0.1, 0.15) is 31.0 Å². The van der Waals surface area contributed by atoms with Crippen molar-refractivity contribution in [1.82, 2.24) is 0 Å². The van der Waals surface area contributed by atoms with E-state index in [9.17, 15) is 33.3 Å². The van der Waals surface area contributed by atoms with Crippen LogP contribution in [0.2, 0.25) is 0 Å². The molecule has 0 radical (unpaired) electrons. The summed E-state index contributed by atoms with van der Waals surface area (Å²) < 4.78 is 57.3. The zero-order chi connectivity index (χ0) is 42.0. The van der Waals surface area contributed by atoms with Crippen LogP contribution >= 0.6 is 0 Å². The topological polar surface area (TPSA) is 195 Å². The quantitative estimate of drug-likeness (QED) is 0.0200. The summed E-state index contributed by atoms with van der Waals surface area (Å²) >= 11 is 0. The molecule has 336 valence electrons. The van der Waals surface area contributed by atoms with Crippen LogP contribution in [0.4, 0.5) is 0 Å². The molecule has 1 aliphatic heterocycles. The van der Waals surface area contributed by atoms with Crippen LogP contribution in [0.1, 0.15) is 194 Å². The summed E-state index contributed by atoms with van der Waals surface area (Å²) in [4.78, 5) is 25.4. The van der Waals surface area contributed by atoms with E-state index >= 15 is 0 Å². The smallest absolute Gasteiger partial charge is 0.397 e. The maximum Gasteiger partial charge on any atom is 0.397 e. The van der Waals surface area contributed by atoms with Crippen LogP contribution in [0.15, 0.2) is 12.2 Å². The van der Waals surface area contributed by atoms with Crippen molar-refractivity contribution in [2.24, 2.45) is 0 Å². The molecule has 0 spiro atoms. The highest BCUT2D eigenvalue weighted by molar-refractivity contribution is 7.80. The fraction of sp³-hybridized carbons (Fsp3) is 0.907. The predicted octanol–water partition coefficient (Wildman–Crippen LogP) is 8.60. The average molecular weight is 837 g/mol. The maximum atomic E-state index is 12.8. The number of unbranched alkanes of at least 4 members (excludes halogenated alkanes) is 23. The van der Waals surface area contributed by atoms with E-state index in [1.807, 2.05) is 0 Å². The van der Waals surface area contributed by atoms with E-state index in [2.05, 4.69) is 30.2 Å². The summed E-state index contributed by atoms with van der Waals surface area (Å²) in [5.74, 6) is -0.944. The highest BCUT2D eigenvalue weighted by Crippen LogP contribution is 2.23. The number of ether oxygens (including phenoxy) is 4. The number of hydrogen-bond donors (Lipinski definition) is 4. The molecule has 0 aliphatic carbocycles. The molecular weight excluding hydrogens is 757 g/mol. The highest BCUT2D eigenvalue weighted by atomic mass is 32.3. The van der Waals surface area contributed by atoms with Crippen LogP contribution in [0, 0.1) is 0 Å². The van der Waals surface area contributed by atoms with Crippen LogP contribution in [-0.4, -0.2) is 96.9 Å². The lowest BCUT2D eigenvalue weighted by Crippen LogP contribution is -2.59. The van der Waals surface area contributed by atoms with Gasteiger partial charge in [-0.3, -0.25) is 14.1 Å². The van der Waals surface area contributed by atoms with Crippen molar-refractivity contribution in [2.45, 2.75) is 230 Å². The van der Waals surface area contributed by atoms with Crippen LogP contribution < -0.4 is 0 Å². The molecule has 0 aromatic rings. The Labute approximate surface area is 344 Å². The van der Waals surface area contributed by atoms with Crippen molar-refractivity contribution in [3.8, 4) is 0 Å². The molecule has 0 bridgehead atoms. The SMILES string of the molecule is CCCCCCCC/C=C\CCCCCCCC(=O)OC[C@H](CO[C@H]1O[C@H](COS(=O)(=O)O)[C@@H](O)[C@H](O)[C@H]1O)OC(=O)CCCCCCCCCCCCCCC. The van der Waals surface area contributed by atoms with Gasteiger partial charge in [0.2, 0.25) is 0 Å². The predicted molar refractivity (Wildman–Crippen MR) is 221 cm³/mol. The summed E-state index contributed by atoms with van der Waals surface area (Å²) in [6.45, 7) is 2.89. The first-order chi connectivity index (χ1) is 27.5. The van der Waals surface area contributed by atoms with E-state index in [1.54, 1.807) is 0 Å². The van der Waals surface area contributed by atoms with E-state index in [0.717, 1.165) is 57.8 Å². The summed E-state index contributed by atoms with van der Waals surface area (Å²) in [7, 11) is -4.88. The first-order valence-electron chi connectivity index (χ1n) is 22.4. The zero-order valence-corrected chi connectivity index (χ0v) is 36.2. The average Bonchev–Trinajstić information content (AvgIpc) is 3.18. The van der Waals surface area contributed by atoms with Crippen molar-refractivity contribution in [3.63, 3.8) is 0 Å². The second kappa shape index (κ2) is 35.1. The van der Waals surface area contributed by atoms with E-state index < -0.39 is 72.4 Å². The zero-order valence-electron chi connectivity index (χ0n) is 35.4. The van der Waals surface area contributed by atoms with Gasteiger partial charge >= 0.3 is 22.3 Å². The van der Waals surface area contributed by atoms with Crippen molar-refractivity contribution in [3.05, 3.63) is 12.2 Å². The molecular formula is C43H80O13S. The van der Waals surface area contributed by atoms with E-state index in [-0.39, 0.29) is 19.4 Å². The molecule has 1 fully saturated rings. The lowest BCUT2D eigenvalue weighted by molar-refractivity contribution is -0.304. The Hall–Kier alpha value is -1.65. The minimum atomic E-state index is -4.88. The molecule has 57 heavy (non-hydrogen) atoms.